The number of amides is 1. The van der Waals surface area contributed by atoms with E-state index in [1.165, 1.54) is 0 Å². The molecular weight excluding hydrogens is 280 g/mol. The Bertz CT molecular complexity index is 487. The second kappa shape index (κ2) is 6.43. The lowest BCUT2D eigenvalue weighted by Gasteiger charge is -2.36. The van der Waals surface area contributed by atoms with E-state index in [4.69, 9.17) is 26.8 Å². The fraction of sp³-hybridized carbons (Fsp3) is 0.500. The molecule has 0 unspecified atom stereocenters. The Morgan fingerprint density at radius 1 is 1.60 bits per heavy atom. The minimum atomic E-state index is -0.697. The average Bonchev–Trinajstić information content (AvgIpc) is 2.40. The number of carbonyl (C=O) groups excluding carboxylic acids is 1. The van der Waals surface area contributed by atoms with Crippen molar-refractivity contribution in [3.63, 3.8) is 0 Å². The Labute approximate surface area is 123 Å². The monoisotopic (exact) mass is 298 g/mol. The quantitative estimate of drug-likeness (QED) is 0.858. The van der Waals surface area contributed by atoms with Crippen molar-refractivity contribution < 1.29 is 14.3 Å². The predicted octanol–water partition coefficient (Wildman–Crippen LogP) is 1.26. The zero-order valence-corrected chi connectivity index (χ0v) is 12.2. The van der Waals surface area contributed by atoms with Crippen LogP contribution in [0.25, 0.3) is 0 Å². The minimum Gasteiger partial charge on any atom is -0.491 e. The van der Waals surface area contributed by atoms with E-state index in [-0.39, 0.29) is 13.0 Å². The van der Waals surface area contributed by atoms with Crippen LogP contribution in [-0.4, -0.2) is 37.8 Å². The minimum absolute atomic E-state index is 0.132. The number of morpholine rings is 1. The zero-order chi connectivity index (χ0) is 14.6. The van der Waals surface area contributed by atoms with Crippen molar-refractivity contribution in [1.82, 2.24) is 5.32 Å². The van der Waals surface area contributed by atoms with Crippen LogP contribution in [0.15, 0.2) is 18.2 Å². The lowest BCUT2D eigenvalue weighted by Crippen LogP contribution is -2.55. The number of hydrogen-bond acceptors (Lipinski definition) is 4. The summed E-state index contributed by atoms with van der Waals surface area (Å²) in [7, 11) is 0. The Hall–Kier alpha value is -1.30. The summed E-state index contributed by atoms with van der Waals surface area (Å²) >= 11 is 5.97. The molecule has 1 aliphatic rings. The molecule has 1 amide bonds. The van der Waals surface area contributed by atoms with Gasteiger partial charge in [0.25, 0.3) is 0 Å². The van der Waals surface area contributed by atoms with E-state index in [9.17, 15) is 4.79 Å². The van der Waals surface area contributed by atoms with Gasteiger partial charge in [0.1, 0.15) is 18.0 Å². The molecule has 1 aromatic carbocycles. The molecule has 1 atom stereocenters. The zero-order valence-electron chi connectivity index (χ0n) is 11.4. The normalized spacial score (nSPS) is 22.5. The molecule has 1 aromatic rings. The summed E-state index contributed by atoms with van der Waals surface area (Å²) < 4.78 is 11.5. The number of rotatable bonds is 5. The van der Waals surface area contributed by atoms with E-state index in [1.54, 1.807) is 12.1 Å². The molecule has 0 spiro atoms. The number of aryl methyl sites for hydroxylation is 1. The molecule has 2 rings (SSSR count). The standard InChI is InChI=1S/C14H19ClN2O3/c1-10-6-11(2-3-12(10)15)19-9-14(7-13(16)18)8-17-4-5-20-14/h2-3,6,17H,4-5,7-9H2,1H3,(H2,16,18)/t14-/m0/s1. The van der Waals surface area contributed by atoms with Crippen LogP contribution in [0.5, 0.6) is 5.75 Å². The third-order valence-electron chi connectivity index (χ3n) is 3.26. The van der Waals surface area contributed by atoms with Crippen LogP contribution < -0.4 is 15.8 Å². The molecule has 0 bridgehead atoms. The van der Waals surface area contributed by atoms with E-state index >= 15 is 0 Å². The number of halogens is 1. The second-order valence-electron chi connectivity index (χ2n) is 5.05. The van der Waals surface area contributed by atoms with Gasteiger partial charge in [-0.2, -0.15) is 0 Å². The van der Waals surface area contributed by atoms with Gasteiger partial charge in [-0.1, -0.05) is 11.6 Å². The predicted molar refractivity (Wildman–Crippen MR) is 77.0 cm³/mol. The number of benzene rings is 1. The molecule has 0 radical (unpaired) electrons. The molecule has 3 N–H and O–H groups in total. The molecule has 0 saturated carbocycles. The number of nitrogens with one attached hydrogen (secondary N) is 1. The Morgan fingerprint density at radius 3 is 3.00 bits per heavy atom. The van der Waals surface area contributed by atoms with Crippen molar-refractivity contribution in [3.05, 3.63) is 28.8 Å². The first-order chi connectivity index (χ1) is 9.51. The Morgan fingerprint density at radius 2 is 2.40 bits per heavy atom. The van der Waals surface area contributed by atoms with Crippen LogP contribution in [0, 0.1) is 6.92 Å². The molecule has 1 heterocycles. The molecule has 1 fully saturated rings. The first-order valence-electron chi connectivity index (χ1n) is 6.53. The van der Waals surface area contributed by atoms with Crippen LogP contribution in [-0.2, 0) is 9.53 Å². The molecule has 110 valence electrons. The fourth-order valence-electron chi connectivity index (χ4n) is 2.20. The van der Waals surface area contributed by atoms with Gasteiger partial charge in [-0.25, -0.2) is 0 Å². The molecule has 20 heavy (non-hydrogen) atoms. The van der Waals surface area contributed by atoms with Gasteiger partial charge in [0.2, 0.25) is 5.91 Å². The van der Waals surface area contributed by atoms with Gasteiger partial charge in [0.15, 0.2) is 0 Å². The fourth-order valence-corrected chi connectivity index (χ4v) is 2.32. The third kappa shape index (κ3) is 3.85. The van der Waals surface area contributed by atoms with E-state index in [0.717, 1.165) is 12.1 Å². The van der Waals surface area contributed by atoms with Gasteiger partial charge in [-0.05, 0) is 30.7 Å². The third-order valence-corrected chi connectivity index (χ3v) is 3.69. The summed E-state index contributed by atoms with van der Waals surface area (Å²) in [5, 5.41) is 3.90. The summed E-state index contributed by atoms with van der Waals surface area (Å²) in [5.41, 5.74) is 5.55. The molecular formula is C14H19ClN2O3. The van der Waals surface area contributed by atoms with Crippen molar-refractivity contribution in [2.75, 3.05) is 26.3 Å². The highest BCUT2D eigenvalue weighted by Gasteiger charge is 2.36. The van der Waals surface area contributed by atoms with Gasteiger partial charge in [0.05, 0.1) is 13.0 Å². The smallest absolute Gasteiger partial charge is 0.220 e. The number of hydrogen-bond donors (Lipinski definition) is 2. The topological polar surface area (TPSA) is 73.6 Å². The van der Waals surface area contributed by atoms with Crippen LogP contribution in [0.3, 0.4) is 0 Å². The number of ether oxygens (including phenoxy) is 2. The maximum absolute atomic E-state index is 11.2. The largest absolute Gasteiger partial charge is 0.491 e. The molecule has 6 heteroatoms. The van der Waals surface area contributed by atoms with Crippen LogP contribution in [0.2, 0.25) is 5.02 Å². The summed E-state index contributed by atoms with van der Waals surface area (Å²) in [6.45, 7) is 4.02. The van der Waals surface area contributed by atoms with Crippen molar-refractivity contribution in [2.24, 2.45) is 5.73 Å². The lowest BCUT2D eigenvalue weighted by atomic mass is 9.98. The van der Waals surface area contributed by atoms with E-state index in [2.05, 4.69) is 5.32 Å². The molecule has 1 saturated heterocycles. The maximum Gasteiger partial charge on any atom is 0.220 e. The van der Waals surface area contributed by atoms with Gasteiger partial charge in [-0.3, -0.25) is 4.79 Å². The van der Waals surface area contributed by atoms with Crippen LogP contribution in [0.4, 0.5) is 0 Å². The van der Waals surface area contributed by atoms with Gasteiger partial charge in [0, 0.05) is 18.1 Å². The summed E-state index contributed by atoms with van der Waals surface area (Å²) in [4.78, 5) is 11.2. The van der Waals surface area contributed by atoms with Crippen LogP contribution in [0.1, 0.15) is 12.0 Å². The van der Waals surface area contributed by atoms with Gasteiger partial charge >= 0.3 is 0 Å². The molecule has 0 aromatic heterocycles. The summed E-state index contributed by atoms with van der Waals surface area (Å²) in [6.07, 6.45) is 0.132. The lowest BCUT2D eigenvalue weighted by molar-refractivity contribution is -0.133. The molecule has 1 aliphatic heterocycles. The Kier molecular flexibility index (Phi) is 4.86. The maximum atomic E-state index is 11.2. The van der Waals surface area contributed by atoms with E-state index in [1.807, 2.05) is 13.0 Å². The SMILES string of the molecule is Cc1cc(OC[C@]2(CC(N)=O)CNCCO2)ccc1Cl. The molecule has 0 aliphatic carbocycles. The first kappa shape index (κ1) is 15.1. The first-order valence-corrected chi connectivity index (χ1v) is 6.90. The van der Waals surface area contributed by atoms with E-state index < -0.39 is 11.5 Å². The van der Waals surface area contributed by atoms with Crippen molar-refractivity contribution in [3.8, 4) is 5.75 Å². The number of carbonyl (C=O) groups is 1. The van der Waals surface area contributed by atoms with Crippen molar-refractivity contribution in [1.29, 1.82) is 0 Å². The second-order valence-corrected chi connectivity index (χ2v) is 5.46. The van der Waals surface area contributed by atoms with Crippen molar-refractivity contribution >= 4 is 17.5 Å². The van der Waals surface area contributed by atoms with E-state index in [0.29, 0.717) is 23.9 Å². The van der Waals surface area contributed by atoms with Crippen molar-refractivity contribution in [2.45, 2.75) is 18.9 Å². The average molecular weight is 299 g/mol. The molecule has 5 nitrogen and oxygen atoms in total. The highest BCUT2D eigenvalue weighted by molar-refractivity contribution is 6.31. The van der Waals surface area contributed by atoms with Gasteiger partial charge in [-0.15, -0.1) is 0 Å². The highest BCUT2D eigenvalue weighted by Crippen LogP contribution is 2.24. The Balaban J connectivity index is 2.04. The number of primary amides is 1. The summed E-state index contributed by atoms with van der Waals surface area (Å²) in [5.74, 6) is 0.300. The number of nitrogens with two attached hydrogens (primary N) is 1. The van der Waals surface area contributed by atoms with Crippen LogP contribution >= 0.6 is 11.6 Å². The van der Waals surface area contributed by atoms with Gasteiger partial charge < -0.3 is 20.5 Å². The highest BCUT2D eigenvalue weighted by atomic mass is 35.5. The summed E-state index contributed by atoms with van der Waals surface area (Å²) in [6, 6.07) is 5.44.